The van der Waals surface area contributed by atoms with Gasteiger partial charge >= 0.3 is 22.5 Å². The van der Waals surface area contributed by atoms with Crippen LogP contribution in [0.3, 0.4) is 0 Å². The van der Waals surface area contributed by atoms with Crippen molar-refractivity contribution in [2.75, 3.05) is 68.3 Å². The molecule has 298 valence electrons. The average molecular weight is 793 g/mol. The fourth-order valence-electron chi connectivity index (χ4n) is 4.29. The summed E-state index contributed by atoms with van der Waals surface area (Å²) in [6, 6.07) is 15.9. The van der Waals surface area contributed by atoms with Gasteiger partial charge in [0, 0.05) is 24.3 Å². The molecule has 5 rings (SSSR count). The number of nitro benzene ring substituents is 2. The third kappa shape index (κ3) is 12.2. The van der Waals surface area contributed by atoms with Gasteiger partial charge in [0.2, 0.25) is 0 Å². The number of benzene rings is 4. The van der Waals surface area contributed by atoms with Crippen LogP contribution in [0, 0.1) is 20.2 Å². The number of hydrogen-bond acceptors (Lipinski definition) is 16. The number of halogens is 1. The second-order valence-electron chi connectivity index (χ2n) is 10.1. The number of nitrogens with one attached hydrogen (secondary N) is 2. The number of ether oxygens (including phenoxy) is 8. The Morgan fingerprint density at radius 3 is 0.982 bits per heavy atom. The number of nitro groups is 2. The number of rotatable bonds is 10. The quantitative estimate of drug-likeness (QED) is 0.0642. The molecule has 0 unspecified atom stereocenters. The summed E-state index contributed by atoms with van der Waals surface area (Å²) in [6.07, 6.45) is 0. The molecule has 0 spiro atoms. The van der Waals surface area contributed by atoms with Crippen LogP contribution in [0.1, 0.15) is 0 Å². The van der Waals surface area contributed by atoms with Crippen LogP contribution >= 0.6 is 12.4 Å². The molecule has 21 heteroatoms. The molecule has 0 aliphatic carbocycles. The standard InChI is InChI=1S/C10H10N2O4.C8H8N2O6.C8H12N2O2.C8H10O2.ClH/c1-15-7-3-5-6(4-8(7)16-2)12-10(14)9(13)11-5;1-15-7-3-5(9(11)12)6(10(13)14)4-8(7)16-2;1-11-7-3-5(9)6(10)4-8(7)12-2;1-9-7-5-3-4-6-8(7)10-2;/h3-4H,1-2H3,(H,11,13)(H,12,14);3-4H,1-2H3;3-4H,9-10H2,1-2H3;3-6H,1-2H3;1H. The number of nitrogens with two attached hydrogens (primary N) is 2. The average Bonchev–Trinajstić information content (AvgIpc) is 3.18. The molecule has 1 heterocycles. The van der Waals surface area contributed by atoms with E-state index in [0.717, 1.165) is 23.6 Å². The topological polar surface area (TPSA) is 278 Å². The van der Waals surface area contributed by atoms with Gasteiger partial charge < -0.3 is 59.3 Å². The van der Waals surface area contributed by atoms with Crippen LogP contribution in [0.4, 0.5) is 22.7 Å². The number of aromatic amines is 2. The monoisotopic (exact) mass is 792 g/mol. The molecule has 5 aromatic rings. The summed E-state index contributed by atoms with van der Waals surface area (Å²) in [7, 11) is 11.9. The van der Waals surface area contributed by atoms with E-state index >= 15 is 0 Å². The summed E-state index contributed by atoms with van der Waals surface area (Å²) in [5.74, 6) is 3.82. The van der Waals surface area contributed by atoms with Crippen molar-refractivity contribution >= 4 is 46.2 Å². The zero-order valence-corrected chi connectivity index (χ0v) is 31.8. The summed E-state index contributed by atoms with van der Waals surface area (Å²) in [5, 5.41) is 21.2. The van der Waals surface area contributed by atoms with Crippen LogP contribution in [0.15, 0.2) is 70.3 Å². The van der Waals surface area contributed by atoms with Gasteiger partial charge in [0.05, 0.1) is 101 Å². The number of nitrogens with zero attached hydrogens (tertiary/aromatic N) is 2. The lowest BCUT2D eigenvalue weighted by Crippen LogP contribution is -2.28. The molecule has 0 bridgehead atoms. The van der Waals surface area contributed by atoms with E-state index in [-0.39, 0.29) is 23.9 Å². The Labute approximate surface area is 319 Å². The normalized spacial score (nSPS) is 9.53. The molecule has 0 fully saturated rings. The van der Waals surface area contributed by atoms with Crippen molar-refractivity contribution in [2.24, 2.45) is 0 Å². The Kier molecular flexibility index (Phi) is 18.4. The minimum Gasteiger partial charge on any atom is -0.493 e. The van der Waals surface area contributed by atoms with E-state index in [1.165, 1.54) is 28.4 Å². The van der Waals surface area contributed by atoms with Gasteiger partial charge in [0.1, 0.15) is 0 Å². The first-order valence-electron chi connectivity index (χ1n) is 15.1. The van der Waals surface area contributed by atoms with Crippen LogP contribution in [0.2, 0.25) is 0 Å². The third-order valence-corrected chi connectivity index (χ3v) is 6.98. The number of methoxy groups -OCH3 is 8. The lowest BCUT2D eigenvalue weighted by atomic mass is 10.2. The largest absolute Gasteiger partial charge is 0.493 e. The number of para-hydroxylation sites is 2. The first-order valence-corrected chi connectivity index (χ1v) is 15.1. The molecule has 4 aromatic carbocycles. The maximum absolute atomic E-state index is 11.1. The molecule has 55 heavy (non-hydrogen) atoms. The highest BCUT2D eigenvalue weighted by Crippen LogP contribution is 2.38. The van der Waals surface area contributed by atoms with Crippen molar-refractivity contribution in [2.45, 2.75) is 0 Å². The van der Waals surface area contributed by atoms with Crippen molar-refractivity contribution in [3.8, 4) is 46.0 Å². The van der Waals surface area contributed by atoms with Gasteiger partial charge in [-0.3, -0.25) is 29.8 Å². The lowest BCUT2D eigenvalue weighted by Gasteiger charge is -2.09. The summed E-state index contributed by atoms with van der Waals surface area (Å²) in [5.41, 5.74) is 10.4. The summed E-state index contributed by atoms with van der Waals surface area (Å²) in [6.45, 7) is 0. The summed E-state index contributed by atoms with van der Waals surface area (Å²) >= 11 is 0. The number of fused-ring (bicyclic) bond motifs is 1. The number of nitrogen functional groups attached to an aromatic ring is 2. The second kappa shape index (κ2) is 22.1. The Bertz CT molecular complexity index is 2030. The van der Waals surface area contributed by atoms with Gasteiger partial charge in [0.15, 0.2) is 46.0 Å². The fraction of sp³-hybridized carbons (Fsp3) is 0.235. The molecule has 0 saturated carbocycles. The highest BCUT2D eigenvalue weighted by Gasteiger charge is 2.27. The fourth-order valence-corrected chi connectivity index (χ4v) is 4.29. The maximum Gasteiger partial charge on any atom is 0.350 e. The zero-order chi connectivity index (χ0) is 40.5. The molecule has 0 aliphatic rings. The van der Waals surface area contributed by atoms with Crippen LogP contribution in [0.25, 0.3) is 11.0 Å². The Morgan fingerprint density at radius 2 is 0.727 bits per heavy atom. The van der Waals surface area contributed by atoms with Crippen molar-refractivity contribution < 1.29 is 47.7 Å². The van der Waals surface area contributed by atoms with Crippen LogP contribution < -0.4 is 60.5 Å². The van der Waals surface area contributed by atoms with E-state index in [2.05, 4.69) is 9.97 Å². The molecule has 0 radical (unpaired) electrons. The number of anilines is 2. The van der Waals surface area contributed by atoms with Gasteiger partial charge in [-0.1, -0.05) is 12.1 Å². The molecule has 1 aromatic heterocycles. The van der Waals surface area contributed by atoms with Gasteiger partial charge in [-0.2, -0.15) is 0 Å². The van der Waals surface area contributed by atoms with Crippen LogP contribution in [0.5, 0.6) is 46.0 Å². The molecular formula is C34H41ClN6O14. The van der Waals surface area contributed by atoms with E-state index in [1.807, 2.05) is 24.3 Å². The van der Waals surface area contributed by atoms with Crippen molar-refractivity contribution in [3.63, 3.8) is 0 Å². The van der Waals surface area contributed by atoms with Crippen LogP contribution in [-0.4, -0.2) is 76.7 Å². The minimum absolute atomic E-state index is 0. The predicted molar refractivity (Wildman–Crippen MR) is 206 cm³/mol. The Morgan fingerprint density at radius 1 is 0.473 bits per heavy atom. The highest BCUT2D eigenvalue weighted by atomic mass is 35.5. The predicted octanol–water partition coefficient (Wildman–Crippen LogP) is 4.75. The number of hydrogen-bond donors (Lipinski definition) is 4. The van der Waals surface area contributed by atoms with Gasteiger partial charge in [-0.15, -0.1) is 12.4 Å². The Hall–Kier alpha value is -7.09. The van der Waals surface area contributed by atoms with E-state index in [9.17, 15) is 29.8 Å². The van der Waals surface area contributed by atoms with Gasteiger partial charge in [-0.05, 0) is 12.1 Å². The first-order chi connectivity index (χ1) is 25.7. The molecule has 20 nitrogen and oxygen atoms in total. The van der Waals surface area contributed by atoms with Gasteiger partial charge in [0.25, 0.3) is 0 Å². The maximum atomic E-state index is 11.1. The second-order valence-corrected chi connectivity index (χ2v) is 10.1. The summed E-state index contributed by atoms with van der Waals surface area (Å²) in [4.78, 5) is 46.6. The number of H-pyrrole nitrogens is 2. The van der Waals surface area contributed by atoms with Crippen LogP contribution in [-0.2, 0) is 0 Å². The SMILES string of the molecule is COc1cc(N)c(N)cc1OC.COc1cc([N+](=O)[O-])c([N+](=O)[O-])cc1OC.COc1cc2[nH]c(=O)c(=O)[nH]c2cc1OC.COc1ccccc1OC.Cl. The van der Waals surface area contributed by atoms with E-state index < -0.39 is 32.3 Å². The summed E-state index contributed by atoms with van der Waals surface area (Å²) < 4.78 is 39.8. The zero-order valence-electron chi connectivity index (χ0n) is 30.9. The first kappa shape index (κ1) is 45.9. The Balaban J connectivity index is 0.000000371. The van der Waals surface area contributed by atoms with E-state index in [4.69, 9.17) is 49.4 Å². The van der Waals surface area contributed by atoms with E-state index in [1.54, 1.807) is 52.7 Å². The number of aromatic nitrogens is 2. The smallest absolute Gasteiger partial charge is 0.350 e. The molecule has 6 N–H and O–H groups in total. The third-order valence-electron chi connectivity index (χ3n) is 6.98. The highest BCUT2D eigenvalue weighted by molar-refractivity contribution is 5.85. The molecule has 0 amide bonds. The minimum atomic E-state index is -0.847. The van der Waals surface area contributed by atoms with Crippen molar-refractivity contribution in [1.82, 2.24) is 9.97 Å². The van der Waals surface area contributed by atoms with E-state index in [0.29, 0.717) is 45.4 Å². The molecule has 0 saturated heterocycles. The molecule has 0 aliphatic heterocycles. The molecule has 0 atom stereocenters. The van der Waals surface area contributed by atoms with Crippen molar-refractivity contribution in [3.05, 3.63) is 102 Å². The van der Waals surface area contributed by atoms with Crippen molar-refractivity contribution in [1.29, 1.82) is 0 Å². The van der Waals surface area contributed by atoms with Gasteiger partial charge in [-0.25, -0.2) is 0 Å². The lowest BCUT2D eigenvalue weighted by molar-refractivity contribution is -0.422. The molecular weight excluding hydrogens is 752 g/mol.